The van der Waals surface area contributed by atoms with Crippen LogP contribution in [0.1, 0.15) is 31.6 Å². The third kappa shape index (κ3) is 3.31. The van der Waals surface area contributed by atoms with E-state index in [2.05, 4.69) is 16.6 Å². The minimum atomic E-state index is -0.468. The highest BCUT2D eigenvalue weighted by atomic mass is 32.2. The Morgan fingerprint density at radius 2 is 2.43 bits per heavy atom. The SMILES string of the molecule is CCC(O)c1cn(CCCSC)nn1. The number of thioether (sulfide) groups is 1. The Morgan fingerprint density at radius 3 is 3.07 bits per heavy atom. The van der Waals surface area contributed by atoms with E-state index < -0.39 is 6.10 Å². The van der Waals surface area contributed by atoms with Crippen molar-refractivity contribution in [1.29, 1.82) is 0 Å². The molecule has 1 atom stereocenters. The molecular formula is C9H17N3OS. The van der Waals surface area contributed by atoms with Gasteiger partial charge in [0.15, 0.2) is 0 Å². The van der Waals surface area contributed by atoms with Crippen molar-refractivity contribution >= 4 is 11.8 Å². The third-order valence-electron chi connectivity index (χ3n) is 2.02. The summed E-state index contributed by atoms with van der Waals surface area (Å²) in [6.45, 7) is 2.81. The van der Waals surface area contributed by atoms with Crippen molar-refractivity contribution in [3.8, 4) is 0 Å². The van der Waals surface area contributed by atoms with Gasteiger partial charge in [0.25, 0.3) is 0 Å². The summed E-state index contributed by atoms with van der Waals surface area (Å²) in [6, 6.07) is 0. The highest BCUT2D eigenvalue weighted by Crippen LogP contribution is 2.12. The van der Waals surface area contributed by atoms with E-state index in [0.717, 1.165) is 18.7 Å². The molecule has 0 radical (unpaired) electrons. The molecule has 1 aromatic rings. The largest absolute Gasteiger partial charge is 0.387 e. The molecule has 0 aliphatic heterocycles. The maximum absolute atomic E-state index is 9.49. The van der Waals surface area contributed by atoms with Crippen LogP contribution in [0.4, 0.5) is 0 Å². The van der Waals surface area contributed by atoms with Gasteiger partial charge in [0.1, 0.15) is 5.69 Å². The van der Waals surface area contributed by atoms with Crippen LogP contribution in [0.15, 0.2) is 6.20 Å². The number of nitrogens with zero attached hydrogens (tertiary/aromatic N) is 3. The molecule has 0 aliphatic carbocycles. The number of aliphatic hydroxyl groups is 1. The zero-order valence-electron chi connectivity index (χ0n) is 8.68. The van der Waals surface area contributed by atoms with Crippen LogP contribution in [0.3, 0.4) is 0 Å². The summed E-state index contributed by atoms with van der Waals surface area (Å²) in [4.78, 5) is 0. The van der Waals surface area contributed by atoms with E-state index in [9.17, 15) is 5.11 Å². The number of aromatic nitrogens is 3. The van der Waals surface area contributed by atoms with Crippen LogP contribution >= 0.6 is 11.8 Å². The van der Waals surface area contributed by atoms with Crippen molar-refractivity contribution in [3.63, 3.8) is 0 Å². The van der Waals surface area contributed by atoms with E-state index in [1.807, 2.05) is 24.9 Å². The summed E-state index contributed by atoms with van der Waals surface area (Å²) in [5, 5.41) is 17.4. The van der Waals surface area contributed by atoms with Crippen molar-refractivity contribution in [1.82, 2.24) is 15.0 Å². The lowest BCUT2D eigenvalue weighted by Crippen LogP contribution is -1.99. The Hall–Kier alpha value is -0.550. The first-order valence-corrected chi connectivity index (χ1v) is 6.24. The molecule has 0 saturated carbocycles. The molecule has 0 aromatic carbocycles. The Kier molecular flexibility index (Phi) is 4.97. The second-order valence-electron chi connectivity index (χ2n) is 3.18. The topological polar surface area (TPSA) is 50.9 Å². The van der Waals surface area contributed by atoms with Crippen molar-refractivity contribution in [2.24, 2.45) is 0 Å². The van der Waals surface area contributed by atoms with Crippen molar-refractivity contribution < 1.29 is 5.11 Å². The number of hydrogen-bond acceptors (Lipinski definition) is 4. The van der Waals surface area contributed by atoms with Gasteiger partial charge in [0.05, 0.1) is 12.3 Å². The minimum Gasteiger partial charge on any atom is -0.387 e. The van der Waals surface area contributed by atoms with Gasteiger partial charge in [0.2, 0.25) is 0 Å². The second kappa shape index (κ2) is 6.03. The highest BCUT2D eigenvalue weighted by molar-refractivity contribution is 7.98. The summed E-state index contributed by atoms with van der Waals surface area (Å²) < 4.78 is 1.80. The van der Waals surface area contributed by atoms with Gasteiger partial charge >= 0.3 is 0 Å². The van der Waals surface area contributed by atoms with Gasteiger partial charge in [-0.1, -0.05) is 12.1 Å². The smallest absolute Gasteiger partial charge is 0.111 e. The van der Waals surface area contributed by atoms with Gasteiger partial charge in [-0.25, -0.2) is 0 Å². The lowest BCUT2D eigenvalue weighted by atomic mass is 10.2. The van der Waals surface area contributed by atoms with Crippen LogP contribution in [0.5, 0.6) is 0 Å². The summed E-state index contributed by atoms with van der Waals surface area (Å²) >= 11 is 1.83. The molecule has 0 fully saturated rings. The summed E-state index contributed by atoms with van der Waals surface area (Å²) in [6.07, 6.45) is 5.22. The first-order valence-electron chi connectivity index (χ1n) is 4.85. The molecule has 0 saturated heterocycles. The molecule has 1 aromatic heterocycles. The lowest BCUT2D eigenvalue weighted by molar-refractivity contribution is 0.168. The molecular weight excluding hydrogens is 198 g/mol. The lowest BCUT2D eigenvalue weighted by Gasteiger charge is -2.00. The van der Waals surface area contributed by atoms with Gasteiger partial charge in [-0.05, 0) is 24.9 Å². The van der Waals surface area contributed by atoms with Crippen LogP contribution < -0.4 is 0 Å². The van der Waals surface area contributed by atoms with Crippen LogP contribution in [0.2, 0.25) is 0 Å². The first-order chi connectivity index (χ1) is 6.77. The Bertz CT molecular complexity index is 264. The normalized spacial score (nSPS) is 13.1. The standard InChI is InChI=1S/C9H17N3OS/c1-3-9(13)8-7-12(11-10-8)5-4-6-14-2/h7,9,13H,3-6H2,1-2H3. The molecule has 4 nitrogen and oxygen atoms in total. The average Bonchev–Trinajstić information content (AvgIpc) is 2.66. The molecule has 1 rings (SSSR count). The monoisotopic (exact) mass is 215 g/mol. The number of aliphatic hydroxyl groups excluding tert-OH is 1. The minimum absolute atomic E-state index is 0.468. The first kappa shape index (κ1) is 11.5. The van der Waals surface area contributed by atoms with E-state index in [1.54, 1.807) is 4.68 Å². The van der Waals surface area contributed by atoms with Crippen molar-refractivity contribution in [3.05, 3.63) is 11.9 Å². The maximum atomic E-state index is 9.49. The second-order valence-corrected chi connectivity index (χ2v) is 4.16. The average molecular weight is 215 g/mol. The number of hydrogen-bond donors (Lipinski definition) is 1. The molecule has 80 valence electrons. The van der Waals surface area contributed by atoms with Crippen LogP contribution in [0, 0.1) is 0 Å². The van der Waals surface area contributed by atoms with Gasteiger partial charge in [0, 0.05) is 6.54 Å². The zero-order chi connectivity index (χ0) is 10.4. The summed E-state index contributed by atoms with van der Waals surface area (Å²) in [5.41, 5.74) is 0.677. The van der Waals surface area contributed by atoms with E-state index in [-0.39, 0.29) is 0 Å². The fourth-order valence-electron chi connectivity index (χ4n) is 1.16. The van der Waals surface area contributed by atoms with E-state index in [1.165, 1.54) is 0 Å². The molecule has 5 heteroatoms. The summed E-state index contributed by atoms with van der Waals surface area (Å²) in [7, 11) is 0. The molecule has 0 bridgehead atoms. The fraction of sp³-hybridized carbons (Fsp3) is 0.778. The van der Waals surface area contributed by atoms with Gasteiger partial charge < -0.3 is 5.11 Å². The van der Waals surface area contributed by atoms with Gasteiger partial charge in [-0.3, -0.25) is 4.68 Å². The van der Waals surface area contributed by atoms with Crippen LogP contribution in [0.25, 0.3) is 0 Å². The quantitative estimate of drug-likeness (QED) is 0.730. The molecule has 14 heavy (non-hydrogen) atoms. The Labute approximate surface area is 88.7 Å². The van der Waals surface area contributed by atoms with Gasteiger partial charge in [-0.2, -0.15) is 11.8 Å². The van der Waals surface area contributed by atoms with Crippen LogP contribution in [-0.2, 0) is 6.54 Å². The number of rotatable bonds is 6. The molecule has 1 heterocycles. The predicted molar refractivity (Wildman–Crippen MR) is 58.3 cm³/mol. The Balaban J connectivity index is 2.42. The molecule has 0 amide bonds. The fourth-order valence-corrected chi connectivity index (χ4v) is 1.57. The van der Waals surface area contributed by atoms with Crippen LogP contribution in [-0.4, -0.2) is 32.1 Å². The molecule has 1 N–H and O–H groups in total. The van der Waals surface area contributed by atoms with Crippen molar-refractivity contribution in [2.75, 3.05) is 12.0 Å². The summed E-state index contributed by atoms with van der Waals surface area (Å²) in [5.74, 6) is 1.13. The van der Waals surface area contributed by atoms with E-state index >= 15 is 0 Å². The third-order valence-corrected chi connectivity index (χ3v) is 2.72. The molecule has 1 unspecified atom stereocenters. The van der Waals surface area contributed by atoms with Gasteiger partial charge in [-0.15, -0.1) is 5.10 Å². The zero-order valence-corrected chi connectivity index (χ0v) is 9.50. The van der Waals surface area contributed by atoms with Crippen molar-refractivity contribution in [2.45, 2.75) is 32.4 Å². The number of aryl methyl sites for hydroxylation is 1. The van der Waals surface area contributed by atoms with E-state index in [0.29, 0.717) is 12.1 Å². The Morgan fingerprint density at radius 1 is 1.64 bits per heavy atom. The maximum Gasteiger partial charge on any atom is 0.111 e. The predicted octanol–water partition coefficient (Wildman–Crippen LogP) is 1.47. The highest BCUT2D eigenvalue weighted by Gasteiger charge is 2.08. The van der Waals surface area contributed by atoms with E-state index in [4.69, 9.17) is 0 Å². The molecule has 0 spiro atoms. The molecule has 0 aliphatic rings.